The molecule has 3 aliphatic rings. The van der Waals surface area contributed by atoms with Crippen molar-refractivity contribution in [1.82, 2.24) is 0 Å². The normalized spacial score (nSPS) is 55.6. The van der Waals surface area contributed by atoms with Gasteiger partial charge in [-0.05, 0) is 0 Å². The van der Waals surface area contributed by atoms with Gasteiger partial charge in [-0.1, -0.05) is 46.4 Å². The SMILES string of the molecule is OC1OC[C@@H]2[C@H]1[C@]1(Cl)C(Cl)=C(Cl)[C@@]2(Cl)C1(Cl)Cl. The van der Waals surface area contributed by atoms with Gasteiger partial charge in [0.1, 0.15) is 9.75 Å². The van der Waals surface area contributed by atoms with E-state index >= 15 is 0 Å². The zero-order valence-electron chi connectivity index (χ0n) is 8.06. The van der Waals surface area contributed by atoms with E-state index in [-0.39, 0.29) is 22.6 Å². The Morgan fingerprint density at radius 3 is 2.18 bits per heavy atom. The second-order valence-corrected chi connectivity index (χ2v) is 7.76. The summed E-state index contributed by atoms with van der Waals surface area (Å²) in [7, 11) is 0. The van der Waals surface area contributed by atoms with Crippen LogP contribution in [0.4, 0.5) is 0 Å². The highest BCUT2D eigenvalue weighted by molar-refractivity contribution is 6.65. The van der Waals surface area contributed by atoms with Crippen molar-refractivity contribution in [2.45, 2.75) is 20.4 Å². The number of allylic oxidation sites excluding steroid dienone is 2. The van der Waals surface area contributed by atoms with Crippen molar-refractivity contribution < 1.29 is 9.84 Å². The fourth-order valence-corrected chi connectivity index (χ4v) is 6.10. The molecule has 0 aromatic rings. The van der Waals surface area contributed by atoms with Crippen LogP contribution in [0.5, 0.6) is 0 Å². The molecule has 1 N–H and O–H groups in total. The molecule has 2 aliphatic carbocycles. The Bertz CT molecular complexity index is 437. The maximum absolute atomic E-state index is 9.83. The molecule has 2 bridgehead atoms. The summed E-state index contributed by atoms with van der Waals surface area (Å²) >= 11 is 37.7. The Labute approximate surface area is 128 Å². The van der Waals surface area contributed by atoms with E-state index in [1.807, 2.05) is 0 Å². The van der Waals surface area contributed by atoms with Crippen molar-refractivity contribution in [3.05, 3.63) is 10.1 Å². The van der Waals surface area contributed by atoms with Crippen LogP contribution in [0, 0.1) is 11.8 Å². The van der Waals surface area contributed by atoms with Crippen LogP contribution in [-0.4, -0.2) is 32.1 Å². The van der Waals surface area contributed by atoms with Gasteiger partial charge in [0.15, 0.2) is 10.6 Å². The van der Waals surface area contributed by atoms with Gasteiger partial charge >= 0.3 is 0 Å². The minimum absolute atomic E-state index is 0.0895. The van der Waals surface area contributed by atoms with Gasteiger partial charge in [-0.2, -0.15) is 0 Å². The maximum atomic E-state index is 9.83. The third-order valence-corrected chi connectivity index (χ3v) is 8.22. The van der Waals surface area contributed by atoms with Crippen LogP contribution >= 0.6 is 69.6 Å². The molecule has 3 rings (SSSR count). The van der Waals surface area contributed by atoms with Crippen LogP contribution < -0.4 is 0 Å². The molecule has 2 fully saturated rings. The molecular weight excluding hydrogens is 353 g/mol. The predicted molar refractivity (Wildman–Crippen MR) is 69.3 cm³/mol. The Morgan fingerprint density at radius 1 is 1.06 bits per heavy atom. The second kappa shape index (κ2) is 3.53. The van der Waals surface area contributed by atoms with Crippen LogP contribution in [0.25, 0.3) is 0 Å². The van der Waals surface area contributed by atoms with E-state index in [0.29, 0.717) is 0 Å². The Morgan fingerprint density at radius 2 is 1.59 bits per heavy atom. The number of halogens is 6. The van der Waals surface area contributed by atoms with Gasteiger partial charge in [0.05, 0.1) is 16.7 Å². The molecule has 1 saturated carbocycles. The summed E-state index contributed by atoms with van der Waals surface area (Å²) in [5.74, 6) is -0.951. The van der Waals surface area contributed by atoms with Crippen LogP contribution in [0.1, 0.15) is 0 Å². The Kier molecular flexibility index (Phi) is 2.78. The number of aliphatic hydroxyl groups excluding tert-OH is 1. The molecule has 0 spiro atoms. The lowest BCUT2D eigenvalue weighted by atomic mass is 9.84. The van der Waals surface area contributed by atoms with Crippen molar-refractivity contribution in [2.24, 2.45) is 11.8 Å². The highest BCUT2D eigenvalue weighted by atomic mass is 35.5. The van der Waals surface area contributed by atoms with Crippen molar-refractivity contribution in [1.29, 1.82) is 0 Å². The topological polar surface area (TPSA) is 29.5 Å². The van der Waals surface area contributed by atoms with E-state index in [0.717, 1.165) is 0 Å². The maximum Gasteiger partial charge on any atom is 0.167 e. The van der Waals surface area contributed by atoms with Crippen LogP contribution in [-0.2, 0) is 4.74 Å². The van der Waals surface area contributed by atoms with Gasteiger partial charge in [-0.15, -0.1) is 23.2 Å². The molecule has 0 amide bonds. The molecule has 0 aromatic carbocycles. The molecule has 1 aliphatic heterocycles. The van der Waals surface area contributed by atoms with Crippen LogP contribution in [0.2, 0.25) is 0 Å². The molecular formula is C9H6Cl6O2. The zero-order chi connectivity index (χ0) is 12.8. The van der Waals surface area contributed by atoms with Crippen LogP contribution in [0.3, 0.4) is 0 Å². The summed E-state index contributed by atoms with van der Waals surface area (Å²) in [6.07, 6.45) is -1.10. The average Bonchev–Trinajstić information content (AvgIpc) is 2.73. The zero-order valence-corrected chi connectivity index (χ0v) is 12.6. The van der Waals surface area contributed by atoms with Crippen molar-refractivity contribution in [2.75, 3.05) is 6.61 Å². The summed E-state index contributed by atoms with van der Waals surface area (Å²) in [6.45, 7) is 0.186. The van der Waals surface area contributed by atoms with E-state index in [1.165, 1.54) is 0 Å². The first-order valence-electron chi connectivity index (χ1n) is 4.82. The fourth-order valence-electron chi connectivity index (χ4n) is 3.06. The average molecular weight is 359 g/mol. The first-order valence-corrected chi connectivity index (χ1v) is 7.09. The Hall–Kier alpha value is 1.40. The Balaban J connectivity index is 2.29. The summed E-state index contributed by atoms with van der Waals surface area (Å²) in [5, 5.41) is 10.1. The molecule has 2 nitrogen and oxygen atoms in total. The van der Waals surface area contributed by atoms with E-state index in [2.05, 4.69) is 0 Å². The molecule has 0 radical (unpaired) electrons. The number of aliphatic hydroxyl groups is 1. The van der Waals surface area contributed by atoms with Crippen molar-refractivity contribution in [3.63, 3.8) is 0 Å². The molecule has 1 unspecified atom stereocenters. The van der Waals surface area contributed by atoms with Gasteiger partial charge in [0.2, 0.25) is 0 Å². The summed E-state index contributed by atoms with van der Waals surface area (Å²) in [4.78, 5) is -2.74. The van der Waals surface area contributed by atoms with Crippen molar-refractivity contribution in [3.8, 4) is 0 Å². The van der Waals surface area contributed by atoms with Gasteiger partial charge in [0, 0.05) is 11.8 Å². The van der Waals surface area contributed by atoms with Gasteiger partial charge in [0.25, 0.3) is 0 Å². The second-order valence-electron chi connectivity index (χ2n) is 4.48. The largest absolute Gasteiger partial charge is 0.368 e. The lowest BCUT2D eigenvalue weighted by Gasteiger charge is -2.34. The molecule has 1 saturated heterocycles. The number of hydrogen-bond donors (Lipinski definition) is 1. The number of hydrogen-bond acceptors (Lipinski definition) is 2. The quantitative estimate of drug-likeness (QED) is 0.672. The van der Waals surface area contributed by atoms with Gasteiger partial charge in [-0.25, -0.2) is 0 Å². The van der Waals surface area contributed by atoms with E-state index in [9.17, 15) is 5.11 Å². The van der Waals surface area contributed by atoms with E-state index in [1.54, 1.807) is 0 Å². The highest BCUT2D eigenvalue weighted by Crippen LogP contribution is 2.77. The number of alkyl halides is 4. The van der Waals surface area contributed by atoms with Gasteiger partial charge < -0.3 is 9.84 Å². The predicted octanol–water partition coefficient (Wildman–Crippen LogP) is 3.41. The first kappa shape index (κ1) is 13.4. The summed E-state index contributed by atoms with van der Waals surface area (Å²) < 4.78 is 3.56. The lowest BCUT2D eigenvalue weighted by Crippen LogP contribution is -2.47. The first-order chi connectivity index (χ1) is 7.70. The third-order valence-electron chi connectivity index (χ3n) is 3.90. The molecule has 0 aromatic heterocycles. The monoisotopic (exact) mass is 356 g/mol. The summed E-state index contributed by atoms with van der Waals surface area (Å²) in [5.41, 5.74) is 0. The van der Waals surface area contributed by atoms with E-state index in [4.69, 9.17) is 74.3 Å². The minimum Gasteiger partial charge on any atom is -0.368 e. The highest BCUT2D eigenvalue weighted by Gasteiger charge is 2.84. The number of fused-ring (bicyclic) bond motifs is 5. The smallest absolute Gasteiger partial charge is 0.167 e. The third kappa shape index (κ3) is 1.13. The standard InChI is InChI=1S/C9H6Cl6O2/c10-4-5(11)8(13)3-2(1-17-6(3)16)7(4,12)9(8,14)15/h2-3,6,16H,1H2/t2-,3-,6?,7-,8+/m1/s1. The minimum atomic E-state index is -1.59. The summed E-state index contributed by atoms with van der Waals surface area (Å²) in [6, 6.07) is 0. The molecule has 96 valence electrons. The molecule has 17 heavy (non-hydrogen) atoms. The molecule has 8 heteroatoms. The van der Waals surface area contributed by atoms with Crippen LogP contribution in [0.15, 0.2) is 10.1 Å². The lowest BCUT2D eigenvalue weighted by molar-refractivity contribution is -0.0867. The molecule has 5 atom stereocenters. The van der Waals surface area contributed by atoms with Crippen molar-refractivity contribution >= 4 is 69.6 Å². The van der Waals surface area contributed by atoms with E-state index < -0.39 is 26.3 Å². The van der Waals surface area contributed by atoms with Gasteiger partial charge in [-0.3, -0.25) is 0 Å². The molecule has 1 heterocycles. The fraction of sp³-hybridized carbons (Fsp3) is 0.778. The number of ether oxygens (including phenoxy) is 1. The number of rotatable bonds is 0.